The van der Waals surface area contributed by atoms with Gasteiger partial charge in [0.15, 0.2) is 5.60 Å². The number of esters is 1. The van der Waals surface area contributed by atoms with Crippen molar-refractivity contribution < 1.29 is 37.0 Å². The molecular weight excluding hydrogens is 716 g/mol. The maximum Gasteiger partial charge on any atom is 0.338 e. The summed E-state index contributed by atoms with van der Waals surface area (Å²) in [6.45, 7) is 19.5. The summed E-state index contributed by atoms with van der Waals surface area (Å²) in [5.74, 6) is -0.307. The molecule has 286 valence electrons. The fraction of sp³-hybridized carbons (Fsp3) is 0.512. The molecule has 53 heavy (non-hydrogen) atoms. The summed E-state index contributed by atoms with van der Waals surface area (Å²) in [4.78, 5) is 28.6. The molecule has 1 aliphatic heterocycles. The van der Waals surface area contributed by atoms with Gasteiger partial charge in [-0.05, 0) is 113 Å². The minimum atomic E-state index is -4.30. The van der Waals surface area contributed by atoms with Gasteiger partial charge in [0.1, 0.15) is 17.5 Å². The van der Waals surface area contributed by atoms with Gasteiger partial charge in [0, 0.05) is 29.4 Å². The minimum absolute atomic E-state index is 0.0316. The van der Waals surface area contributed by atoms with Crippen LogP contribution in [0.3, 0.4) is 0 Å². The van der Waals surface area contributed by atoms with Gasteiger partial charge in [-0.3, -0.25) is 4.79 Å². The van der Waals surface area contributed by atoms with Crippen LogP contribution in [0.2, 0.25) is 5.02 Å². The van der Waals surface area contributed by atoms with Gasteiger partial charge >= 0.3 is 5.97 Å². The summed E-state index contributed by atoms with van der Waals surface area (Å²) < 4.78 is 53.7. The third kappa shape index (κ3) is 7.42. The summed E-state index contributed by atoms with van der Waals surface area (Å²) in [6, 6.07) is 10.8. The van der Waals surface area contributed by atoms with Crippen LogP contribution < -0.4 is 14.4 Å². The molecule has 12 heteroatoms. The third-order valence-corrected chi connectivity index (χ3v) is 13.2. The molecule has 0 saturated heterocycles. The number of sulfonamides is 1. The predicted molar refractivity (Wildman–Crippen MR) is 205 cm³/mol. The van der Waals surface area contributed by atoms with Crippen LogP contribution in [0.25, 0.3) is 0 Å². The SMILES string of the molecule is C=CCOC(C)(C)C(=O)NS(=O)(=O)c1ccc2c(c1)N(CC13CC(C1)[C@H]3[C@H](C=C)OC(=O)C(C)(C)OCC=C)C[C@@]1(CCCc3cc(Cl)ccc31)CO2. The largest absolute Gasteiger partial charge is 0.490 e. The molecule has 2 bridgehead atoms. The number of hydrogen-bond acceptors (Lipinski definition) is 9. The average molecular weight is 767 g/mol. The maximum absolute atomic E-state index is 13.8. The first-order valence-corrected chi connectivity index (χ1v) is 20.1. The standard InChI is InChI=1S/C41H51ClN2O8S/c1-8-18-50-38(4,5)36(45)43-53(47,48)30-14-16-34-32(21-30)44(24-40(26-49-34)17-11-12-27-20-29(42)13-15-31(27)40)25-41-22-28(23-41)35(41)33(10-3)52-37(46)39(6,7)51-19-9-2/h8-10,13-16,20-21,28,33,35H,1-3,11-12,17-19,22-26H2,4-7H3,(H,43,45)/t28?,33-,35-,40-,41?/m0/s1. The number of nitrogens with one attached hydrogen (secondary N) is 1. The number of benzene rings is 2. The lowest BCUT2D eigenvalue weighted by molar-refractivity contribution is -0.231. The van der Waals surface area contributed by atoms with E-state index in [2.05, 4.69) is 35.4 Å². The minimum Gasteiger partial charge on any atom is -0.490 e. The molecule has 3 atom stereocenters. The normalized spacial score (nSPS) is 25.3. The molecule has 4 aliphatic carbocycles. The lowest BCUT2D eigenvalue weighted by Crippen LogP contribution is -2.70. The first-order valence-electron chi connectivity index (χ1n) is 18.2. The monoisotopic (exact) mass is 766 g/mol. The quantitative estimate of drug-likeness (QED) is 0.156. The molecule has 0 aromatic heterocycles. The molecular formula is C41H51ClN2O8S. The number of hydrogen-bond donors (Lipinski definition) is 1. The lowest BCUT2D eigenvalue weighted by atomic mass is 9.36. The van der Waals surface area contributed by atoms with Gasteiger partial charge in [0.2, 0.25) is 0 Å². The first kappa shape index (κ1) is 39.1. The van der Waals surface area contributed by atoms with E-state index in [-0.39, 0.29) is 29.4 Å². The molecule has 1 spiro atoms. The van der Waals surface area contributed by atoms with Crippen LogP contribution in [0.4, 0.5) is 5.69 Å². The number of nitrogens with zero attached hydrogens (tertiary/aromatic N) is 1. The zero-order valence-corrected chi connectivity index (χ0v) is 32.7. The van der Waals surface area contributed by atoms with E-state index < -0.39 is 44.6 Å². The number of halogens is 1. The van der Waals surface area contributed by atoms with Crippen molar-refractivity contribution in [1.29, 1.82) is 0 Å². The summed E-state index contributed by atoms with van der Waals surface area (Å²) >= 11 is 6.46. The fourth-order valence-corrected chi connectivity index (χ4v) is 9.97. The summed E-state index contributed by atoms with van der Waals surface area (Å²) in [5, 5.41) is 0.685. The summed E-state index contributed by atoms with van der Waals surface area (Å²) in [6.07, 6.45) is 8.88. The molecule has 2 aromatic carbocycles. The highest BCUT2D eigenvalue weighted by Gasteiger charge is 2.68. The van der Waals surface area contributed by atoms with E-state index in [1.165, 1.54) is 37.1 Å². The average Bonchev–Trinajstić information content (AvgIpc) is 3.23. The number of amides is 1. The Balaban J connectivity index is 1.34. The molecule has 10 nitrogen and oxygen atoms in total. The van der Waals surface area contributed by atoms with Crippen LogP contribution >= 0.6 is 11.6 Å². The number of rotatable bonds is 15. The highest BCUT2D eigenvalue weighted by atomic mass is 35.5. The fourth-order valence-electron chi connectivity index (χ4n) is 8.66. The third-order valence-electron chi connectivity index (χ3n) is 11.6. The zero-order valence-electron chi connectivity index (χ0n) is 31.1. The van der Waals surface area contributed by atoms with E-state index in [1.54, 1.807) is 38.1 Å². The molecule has 7 rings (SSSR count). The number of carbonyl (C=O) groups excluding carboxylic acids is 2. The molecule has 2 aromatic rings. The van der Waals surface area contributed by atoms with Gasteiger partial charge in [-0.2, -0.15) is 0 Å². The molecule has 1 amide bonds. The lowest BCUT2D eigenvalue weighted by Gasteiger charge is -2.71. The van der Waals surface area contributed by atoms with E-state index >= 15 is 0 Å². The Morgan fingerprint density at radius 3 is 2.40 bits per heavy atom. The Labute approximate surface area is 318 Å². The van der Waals surface area contributed by atoms with Crippen LogP contribution in [0.15, 0.2) is 79.3 Å². The second-order valence-corrected chi connectivity index (χ2v) is 18.1. The van der Waals surface area contributed by atoms with Crippen molar-refractivity contribution in [3.05, 3.63) is 90.5 Å². The van der Waals surface area contributed by atoms with Crippen molar-refractivity contribution in [2.75, 3.05) is 37.8 Å². The van der Waals surface area contributed by atoms with E-state index in [1.807, 2.05) is 12.1 Å². The molecule has 3 fully saturated rings. The number of aryl methyl sites for hydroxylation is 1. The second-order valence-electron chi connectivity index (χ2n) is 16.0. The van der Waals surface area contributed by atoms with Crippen LogP contribution in [0, 0.1) is 17.3 Å². The Morgan fingerprint density at radius 1 is 1.06 bits per heavy atom. The van der Waals surface area contributed by atoms with E-state index in [9.17, 15) is 18.0 Å². The smallest absolute Gasteiger partial charge is 0.338 e. The van der Waals surface area contributed by atoms with Gasteiger partial charge in [-0.1, -0.05) is 42.5 Å². The molecule has 5 aliphatic rings. The molecule has 1 heterocycles. The van der Waals surface area contributed by atoms with Crippen LogP contribution in [-0.2, 0) is 45.7 Å². The molecule has 0 unspecified atom stereocenters. The van der Waals surface area contributed by atoms with Gasteiger partial charge in [0.25, 0.3) is 15.9 Å². The zero-order chi connectivity index (χ0) is 38.4. The van der Waals surface area contributed by atoms with Crippen molar-refractivity contribution in [3.63, 3.8) is 0 Å². The molecule has 3 saturated carbocycles. The van der Waals surface area contributed by atoms with Crippen molar-refractivity contribution in [1.82, 2.24) is 4.72 Å². The van der Waals surface area contributed by atoms with Crippen LogP contribution in [-0.4, -0.2) is 70.5 Å². The number of ether oxygens (including phenoxy) is 4. The Hall–Kier alpha value is -3.64. The highest BCUT2D eigenvalue weighted by Crippen LogP contribution is 2.71. The summed E-state index contributed by atoms with van der Waals surface area (Å²) in [5.41, 5.74) is -0.196. The molecule has 0 radical (unpaired) electrons. The molecule has 1 N–H and O–H groups in total. The first-order chi connectivity index (χ1) is 25.0. The van der Waals surface area contributed by atoms with Crippen molar-refractivity contribution in [2.45, 2.75) is 87.4 Å². The Morgan fingerprint density at radius 2 is 1.75 bits per heavy atom. The maximum atomic E-state index is 13.8. The number of fused-ring (bicyclic) bond motifs is 3. The van der Waals surface area contributed by atoms with Crippen molar-refractivity contribution in [3.8, 4) is 5.75 Å². The van der Waals surface area contributed by atoms with E-state index in [0.717, 1.165) is 32.1 Å². The predicted octanol–water partition coefficient (Wildman–Crippen LogP) is 6.70. The van der Waals surface area contributed by atoms with E-state index in [4.69, 9.17) is 30.5 Å². The topological polar surface area (TPSA) is 120 Å². The van der Waals surface area contributed by atoms with Gasteiger partial charge in [0.05, 0.1) is 30.4 Å². The van der Waals surface area contributed by atoms with Crippen LogP contribution in [0.1, 0.15) is 64.5 Å². The van der Waals surface area contributed by atoms with Crippen molar-refractivity contribution >= 4 is 39.2 Å². The Kier molecular flexibility index (Phi) is 10.7. The second kappa shape index (κ2) is 14.5. The van der Waals surface area contributed by atoms with Gasteiger partial charge in [-0.25, -0.2) is 17.9 Å². The van der Waals surface area contributed by atoms with Crippen LogP contribution in [0.5, 0.6) is 5.75 Å². The van der Waals surface area contributed by atoms with Gasteiger partial charge < -0.3 is 23.8 Å². The van der Waals surface area contributed by atoms with Gasteiger partial charge in [-0.15, -0.1) is 13.2 Å². The number of anilines is 1. The van der Waals surface area contributed by atoms with E-state index in [0.29, 0.717) is 42.1 Å². The number of carbonyl (C=O) groups is 2. The van der Waals surface area contributed by atoms with Crippen molar-refractivity contribution in [2.24, 2.45) is 17.3 Å². The summed E-state index contributed by atoms with van der Waals surface area (Å²) in [7, 11) is -4.30. The highest BCUT2D eigenvalue weighted by molar-refractivity contribution is 7.90. The Bertz CT molecular complexity index is 1900.